The summed E-state index contributed by atoms with van der Waals surface area (Å²) in [6, 6.07) is 15.6. The van der Waals surface area contributed by atoms with Crippen LogP contribution in [0, 0.1) is 5.92 Å². The van der Waals surface area contributed by atoms with E-state index in [1.165, 1.54) is 13.1 Å². The van der Waals surface area contributed by atoms with Crippen LogP contribution in [0.15, 0.2) is 61.2 Å². The van der Waals surface area contributed by atoms with Crippen LogP contribution in [-0.2, 0) is 14.9 Å². The summed E-state index contributed by atoms with van der Waals surface area (Å²) < 4.78 is 13.4. The Labute approximate surface area is 172 Å². The van der Waals surface area contributed by atoms with Crippen LogP contribution < -0.4 is 4.74 Å². The van der Waals surface area contributed by atoms with Gasteiger partial charge < -0.3 is 14.0 Å². The SMILES string of the molecule is C=CC[N+]12CCC(CC1)[C@@H](OC(=O)C1(C)c3ccccc3Oc3ccccc31)C2. The molecule has 4 aliphatic heterocycles. The maximum Gasteiger partial charge on any atom is 0.321 e. The molecule has 4 heteroatoms. The van der Waals surface area contributed by atoms with Gasteiger partial charge in [-0.3, -0.25) is 4.79 Å². The van der Waals surface area contributed by atoms with Crippen LogP contribution in [-0.4, -0.2) is 42.7 Å². The van der Waals surface area contributed by atoms with Gasteiger partial charge in [0.2, 0.25) is 0 Å². The molecule has 0 aliphatic carbocycles. The fourth-order valence-electron chi connectivity index (χ4n) is 5.56. The Hall–Kier alpha value is -2.59. The minimum atomic E-state index is -0.874. The second kappa shape index (κ2) is 6.74. The number of quaternary nitrogens is 1. The second-order valence-corrected chi connectivity index (χ2v) is 8.94. The number of benzene rings is 2. The Bertz CT molecular complexity index is 913. The molecule has 1 atom stereocenters. The molecule has 2 aromatic rings. The van der Waals surface area contributed by atoms with Gasteiger partial charge in [-0.25, -0.2) is 0 Å². The van der Waals surface area contributed by atoms with Crippen molar-refractivity contribution < 1.29 is 18.8 Å². The van der Waals surface area contributed by atoms with Crippen LogP contribution in [0.3, 0.4) is 0 Å². The van der Waals surface area contributed by atoms with Gasteiger partial charge >= 0.3 is 5.97 Å². The van der Waals surface area contributed by atoms with E-state index in [1.807, 2.05) is 61.5 Å². The summed E-state index contributed by atoms with van der Waals surface area (Å²) in [4.78, 5) is 13.7. The minimum Gasteiger partial charge on any atom is -0.457 e. The predicted molar refractivity (Wildman–Crippen MR) is 112 cm³/mol. The van der Waals surface area contributed by atoms with Crippen molar-refractivity contribution in [3.05, 3.63) is 72.3 Å². The summed E-state index contributed by atoms with van der Waals surface area (Å²) in [5, 5.41) is 0. The van der Waals surface area contributed by atoms with Gasteiger partial charge in [0.05, 0.1) is 19.6 Å². The van der Waals surface area contributed by atoms with Crippen LogP contribution in [0.5, 0.6) is 11.5 Å². The number of carbonyl (C=O) groups is 1. The van der Waals surface area contributed by atoms with Crippen LogP contribution in [0.1, 0.15) is 30.9 Å². The van der Waals surface area contributed by atoms with Crippen molar-refractivity contribution in [2.24, 2.45) is 5.92 Å². The van der Waals surface area contributed by atoms with E-state index in [1.54, 1.807) is 0 Å². The lowest BCUT2D eigenvalue weighted by Crippen LogP contribution is -2.64. The number of esters is 1. The zero-order chi connectivity index (χ0) is 20.1. The number of hydrogen-bond acceptors (Lipinski definition) is 3. The Balaban J connectivity index is 1.49. The molecule has 6 rings (SSSR count). The molecular weight excluding hydrogens is 362 g/mol. The highest BCUT2D eigenvalue weighted by Crippen LogP contribution is 2.49. The van der Waals surface area contributed by atoms with Crippen molar-refractivity contribution in [1.29, 1.82) is 0 Å². The molecule has 2 bridgehead atoms. The molecule has 150 valence electrons. The van der Waals surface area contributed by atoms with E-state index >= 15 is 0 Å². The molecule has 4 heterocycles. The topological polar surface area (TPSA) is 35.5 Å². The van der Waals surface area contributed by atoms with Crippen molar-refractivity contribution >= 4 is 5.97 Å². The first-order valence-corrected chi connectivity index (χ1v) is 10.6. The number of ether oxygens (including phenoxy) is 2. The first-order chi connectivity index (χ1) is 14.1. The van der Waals surface area contributed by atoms with Crippen molar-refractivity contribution in [2.75, 3.05) is 26.2 Å². The molecule has 0 N–H and O–H groups in total. The van der Waals surface area contributed by atoms with Gasteiger partial charge in [0.15, 0.2) is 6.10 Å². The number of nitrogens with zero attached hydrogens (tertiary/aromatic N) is 1. The molecular formula is C25H28NO3+. The van der Waals surface area contributed by atoms with Crippen molar-refractivity contribution in [3.8, 4) is 11.5 Å². The van der Waals surface area contributed by atoms with Crippen LogP contribution >= 0.6 is 0 Å². The summed E-state index contributed by atoms with van der Waals surface area (Å²) in [7, 11) is 0. The molecule has 3 saturated heterocycles. The van der Waals surface area contributed by atoms with E-state index in [2.05, 4.69) is 6.58 Å². The highest BCUT2D eigenvalue weighted by molar-refractivity contribution is 5.90. The maximum atomic E-state index is 13.7. The summed E-state index contributed by atoms with van der Waals surface area (Å²) >= 11 is 0. The van der Waals surface area contributed by atoms with Gasteiger partial charge in [-0.15, -0.1) is 0 Å². The van der Waals surface area contributed by atoms with Gasteiger partial charge in [0.1, 0.15) is 23.5 Å². The summed E-state index contributed by atoms with van der Waals surface area (Å²) in [6.07, 6.45) is 4.23. The zero-order valence-corrected chi connectivity index (χ0v) is 17.0. The predicted octanol–water partition coefficient (Wildman–Crippen LogP) is 4.44. The van der Waals surface area contributed by atoms with E-state index in [0.717, 1.165) is 53.0 Å². The number of hydrogen-bond donors (Lipinski definition) is 0. The Kier molecular flexibility index (Phi) is 4.28. The number of para-hydroxylation sites is 2. The molecule has 29 heavy (non-hydrogen) atoms. The quantitative estimate of drug-likeness (QED) is 0.440. The number of fused-ring (bicyclic) bond motifs is 5. The zero-order valence-electron chi connectivity index (χ0n) is 17.0. The van der Waals surface area contributed by atoms with Crippen LogP contribution in [0.25, 0.3) is 0 Å². The summed E-state index contributed by atoms with van der Waals surface area (Å²) in [5.74, 6) is 1.76. The molecule has 2 aromatic carbocycles. The van der Waals surface area contributed by atoms with Crippen molar-refractivity contribution in [2.45, 2.75) is 31.3 Å². The lowest BCUT2D eigenvalue weighted by molar-refractivity contribution is -0.941. The first kappa shape index (κ1) is 18.4. The molecule has 3 fully saturated rings. The maximum absolute atomic E-state index is 13.7. The van der Waals surface area contributed by atoms with Crippen molar-refractivity contribution in [3.63, 3.8) is 0 Å². The van der Waals surface area contributed by atoms with Gasteiger partial charge in [0, 0.05) is 29.9 Å². The second-order valence-electron chi connectivity index (χ2n) is 8.94. The van der Waals surface area contributed by atoms with Gasteiger partial charge in [-0.05, 0) is 25.1 Å². The largest absolute Gasteiger partial charge is 0.457 e. The molecule has 0 unspecified atom stereocenters. The summed E-state index contributed by atoms with van der Waals surface area (Å²) in [5.41, 5.74) is 0.876. The average molecular weight is 391 g/mol. The molecule has 0 aromatic heterocycles. The van der Waals surface area contributed by atoms with Gasteiger partial charge in [0.25, 0.3) is 0 Å². The number of piperidine rings is 3. The molecule has 0 saturated carbocycles. The number of rotatable bonds is 4. The first-order valence-electron chi connectivity index (χ1n) is 10.6. The van der Waals surface area contributed by atoms with E-state index in [4.69, 9.17) is 9.47 Å². The van der Waals surface area contributed by atoms with Gasteiger partial charge in [-0.2, -0.15) is 0 Å². The highest BCUT2D eigenvalue weighted by Gasteiger charge is 2.51. The third-order valence-electron chi connectivity index (χ3n) is 7.30. The number of carbonyl (C=O) groups excluding carboxylic acids is 1. The van der Waals surface area contributed by atoms with Gasteiger partial charge in [-0.1, -0.05) is 43.0 Å². The van der Waals surface area contributed by atoms with E-state index < -0.39 is 5.41 Å². The lowest BCUT2D eigenvalue weighted by atomic mass is 9.73. The summed E-state index contributed by atoms with van der Waals surface area (Å²) in [6.45, 7) is 10.1. The normalized spacial score (nSPS) is 28.6. The standard InChI is InChI=1S/C25H28NO3/c1-3-14-26-15-12-18(13-16-26)23(17-26)29-24(27)25(2)19-8-4-6-10-21(19)28-22-11-7-5-9-20(22)25/h3-11,18,23H,1,12-17H2,2H3/q+1/t18?,23-,26?/m0/s1. The fourth-order valence-corrected chi connectivity index (χ4v) is 5.56. The molecule has 0 amide bonds. The monoisotopic (exact) mass is 390 g/mol. The lowest BCUT2D eigenvalue weighted by Gasteiger charge is -2.52. The molecule has 4 aliphatic rings. The van der Waals surface area contributed by atoms with E-state index in [-0.39, 0.29) is 12.1 Å². The minimum absolute atomic E-state index is 0.0241. The van der Waals surface area contributed by atoms with E-state index in [9.17, 15) is 4.79 Å². The smallest absolute Gasteiger partial charge is 0.321 e. The fraction of sp³-hybridized carbons (Fsp3) is 0.400. The van der Waals surface area contributed by atoms with Crippen LogP contribution in [0.2, 0.25) is 0 Å². The van der Waals surface area contributed by atoms with Crippen molar-refractivity contribution in [1.82, 2.24) is 0 Å². The molecule has 0 spiro atoms. The van der Waals surface area contributed by atoms with E-state index in [0.29, 0.717) is 5.92 Å². The third-order valence-corrected chi connectivity index (χ3v) is 7.30. The molecule has 4 nitrogen and oxygen atoms in total. The Morgan fingerprint density at radius 3 is 2.31 bits per heavy atom. The Morgan fingerprint density at radius 1 is 1.14 bits per heavy atom. The third kappa shape index (κ3) is 2.81. The van der Waals surface area contributed by atoms with Crippen LogP contribution in [0.4, 0.5) is 0 Å². The highest BCUT2D eigenvalue weighted by atomic mass is 16.5. The molecule has 0 radical (unpaired) electrons. The Morgan fingerprint density at radius 2 is 1.72 bits per heavy atom. The average Bonchev–Trinajstić information content (AvgIpc) is 2.75.